The Morgan fingerprint density at radius 1 is 1.13 bits per heavy atom. The van der Waals surface area contributed by atoms with Gasteiger partial charge in [-0.05, 0) is 64.3 Å². The van der Waals surface area contributed by atoms with Crippen LogP contribution in [0.15, 0.2) is 47.2 Å². The van der Waals surface area contributed by atoms with Crippen molar-refractivity contribution < 1.29 is 9.13 Å². The van der Waals surface area contributed by atoms with E-state index in [0.29, 0.717) is 39.1 Å². The molecule has 0 fully saturated rings. The summed E-state index contributed by atoms with van der Waals surface area (Å²) in [6.45, 7) is 4.63. The van der Waals surface area contributed by atoms with Gasteiger partial charge in [0.25, 0.3) is 0 Å². The van der Waals surface area contributed by atoms with Gasteiger partial charge in [0.15, 0.2) is 5.82 Å². The number of aryl methyl sites for hydroxylation is 1. The number of hydrogen-bond donors (Lipinski definition) is 1. The first kappa shape index (κ1) is 21.4. The van der Waals surface area contributed by atoms with E-state index < -0.39 is 0 Å². The van der Waals surface area contributed by atoms with Crippen LogP contribution < -0.4 is 10.1 Å². The van der Waals surface area contributed by atoms with Crippen LogP contribution in [-0.2, 0) is 0 Å². The fourth-order valence-electron chi connectivity index (χ4n) is 3.57. The van der Waals surface area contributed by atoms with E-state index in [1.165, 1.54) is 6.33 Å². The normalized spacial score (nSPS) is 12.5. The Labute approximate surface area is 188 Å². The van der Waals surface area contributed by atoms with E-state index in [1.54, 1.807) is 24.3 Å². The molecule has 4 rings (SSSR count). The van der Waals surface area contributed by atoms with Crippen LogP contribution in [0.2, 0.25) is 0 Å². The molecule has 2 heterocycles. The highest BCUT2D eigenvalue weighted by Gasteiger charge is 2.17. The summed E-state index contributed by atoms with van der Waals surface area (Å²) in [6, 6.07) is 10.8. The standard InChI is InChI=1S/C23H23BrFN5O/c1-13-5-6-16-17(28-13)7-8-18(22(16)25)29-23-21-19(26-12-27-23)9-15(24)10-20(21)31-14(2)11-30(3)4/h5-10,12,14H,11H2,1-4H3,(H,26,27,29)/t14-/m1/s1. The van der Waals surface area contributed by atoms with Crippen LogP contribution in [0.5, 0.6) is 5.75 Å². The minimum absolute atomic E-state index is 0.0627. The van der Waals surface area contributed by atoms with E-state index >= 15 is 4.39 Å². The molecule has 0 aliphatic heterocycles. The van der Waals surface area contributed by atoms with E-state index in [9.17, 15) is 0 Å². The minimum Gasteiger partial charge on any atom is -0.488 e. The molecule has 0 radical (unpaired) electrons. The molecule has 0 unspecified atom stereocenters. The Morgan fingerprint density at radius 3 is 2.71 bits per heavy atom. The first-order valence-corrected chi connectivity index (χ1v) is 10.7. The van der Waals surface area contributed by atoms with Crippen molar-refractivity contribution in [3.8, 4) is 5.75 Å². The monoisotopic (exact) mass is 483 g/mol. The van der Waals surface area contributed by atoms with Crippen LogP contribution in [0.4, 0.5) is 15.9 Å². The van der Waals surface area contributed by atoms with Crippen molar-refractivity contribution in [1.29, 1.82) is 0 Å². The maximum atomic E-state index is 15.2. The number of hydrogen-bond acceptors (Lipinski definition) is 6. The summed E-state index contributed by atoms with van der Waals surface area (Å²) in [5.74, 6) is 0.723. The maximum Gasteiger partial charge on any atom is 0.156 e. The molecule has 6 nitrogen and oxygen atoms in total. The van der Waals surface area contributed by atoms with Crippen molar-refractivity contribution in [2.24, 2.45) is 0 Å². The quantitative estimate of drug-likeness (QED) is 0.392. The van der Waals surface area contributed by atoms with Crippen molar-refractivity contribution in [3.05, 3.63) is 58.7 Å². The van der Waals surface area contributed by atoms with Crippen molar-refractivity contribution in [1.82, 2.24) is 19.9 Å². The van der Waals surface area contributed by atoms with E-state index in [2.05, 4.69) is 41.1 Å². The van der Waals surface area contributed by atoms with Gasteiger partial charge in [-0.3, -0.25) is 4.98 Å². The second kappa shape index (κ2) is 8.72. The summed E-state index contributed by atoms with van der Waals surface area (Å²) >= 11 is 3.52. The van der Waals surface area contributed by atoms with E-state index in [0.717, 1.165) is 16.7 Å². The van der Waals surface area contributed by atoms with Gasteiger partial charge in [-0.15, -0.1) is 0 Å². The molecule has 0 bridgehead atoms. The van der Waals surface area contributed by atoms with Gasteiger partial charge in [0.1, 0.15) is 24.0 Å². The van der Waals surface area contributed by atoms with Gasteiger partial charge in [0.05, 0.1) is 22.1 Å². The first-order chi connectivity index (χ1) is 14.8. The number of ether oxygens (including phenoxy) is 1. The minimum atomic E-state index is -0.377. The van der Waals surface area contributed by atoms with E-state index in [-0.39, 0.29) is 11.9 Å². The summed E-state index contributed by atoms with van der Waals surface area (Å²) in [5.41, 5.74) is 2.46. The van der Waals surface area contributed by atoms with Crippen molar-refractivity contribution in [3.63, 3.8) is 0 Å². The Balaban J connectivity index is 1.78. The zero-order valence-electron chi connectivity index (χ0n) is 17.8. The van der Waals surface area contributed by atoms with Gasteiger partial charge in [0.2, 0.25) is 0 Å². The molecule has 0 saturated carbocycles. The number of fused-ring (bicyclic) bond motifs is 2. The summed E-state index contributed by atoms with van der Waals surface area (Å²) in [5, 5.41) is 4.28. The molecule has 1 N–H and O–H groups in total. The van der Waals surface area contributed by atoms with Crippen molar-refractivity contribution in [2.75, 3.05) is 26.0 Å². The number of benzene rings is 2. The molecule has 0 spiro atoms. The Morgan fingerprint density at radius 2 is 1.94 bits per heavy atom. The highest BCUT2D eigenvalue weighted by molar-refractivity contribution is 9.10. The van der Waals surface area contributed by atoms with Crippen molar-refractivity contribution >= 4 is 49.2 Å². The zero-order valence-corrected chi connectivity index (χ0v) is 19.4. The van der Waals surface area contributed by atoms with E-state index in [1.807, 2.05) is 40.1 Å². The topological polar surface area (TPSA) is 63.2 Å². The van der Waals surface area contributed by atoms with E-state index in [4.69, 9.17) is 4.74 Å². The highest BCUT2D eigenvalue weighted by Crippen LogP contribution is 2.36. The van der Waals surface area contributed by atoms with Crippen LogP contribution >= 0.6 is 15.9 Å². The largest absolute Gasteiger partial charge is 0.488 e. The first-order valence-electron chi connectivity index (χ1n) is 9.90. The zero-order chi connectivity index (χ0) is 22.1. The number of nitrogens with zero attached hydrogens (tertiary/aromatic N) is 4. The number of anilines is 2. The molecule has 0 aliphatic rings. The highest BCUT2D eigenvalue weighted by atomic mass is 79.9. The average molecular weight is 484 g/mol. The van der Waals surface area contributed by atoms with Crippen LogP contribution in [-0.4, -0.2) is 46.6 Å². The molecular formula is C23H23BrFN5O. The molecule has 1 atom stereocenters. The fraction of sp³-hybridized carbons (Fsp3) is 0.261. The second-order valence-corrected chi connectivity index (χ2v) is 8.70. The predicted octanol–water partition coefficient (Wildman–Crippen LogP) is 5.46. The summed E-state index contributed by atoms with van der Waals surface area (Å²) in [7, 11) is 3.99. The summed E-state index contributed by atoms with van der Waals surface area (Å²) in [6.07, 6.45) is 1.39. The SMILES string of the molecule is Cc1ccc2c(F)c(Nc3ncnc4cc(Br)cc(O[C@H](C)CN(C)C)c34)ccc2n1. The van der Waals surface area contributed by atoms with Crippen LogP contribution in [0.3, 0.4) is 0 Å². The second-order valence-electron chi connectivity index (χ2n) is 7.78. The summed E-state index contributed by atoms with van der Waals surface area (Å²) in [4.78, 5) is 15.2. The number of halogens is 2. The predicted molar refractivity (Wildman–Crippen MR) is 126 cm³/mol. The number of likely N-dealkylation sites (N-methyl/N-ethyl adjacent to an activating group) is 1. The van der Waals surface area contributed by atoms with Crippen LogP contribution in [0.25, 0.3) is 21.8 Å². The molecule has 0 aliphatic carbocycles. The third kappa shape index (κ3) is 4.60. The number of aromatic nitrogens is 3. The number of rotatable bonds is 6. The molecule has 8 heteroatoms. The lowest BCUT2D eigenvalue weighted by Crippen LogP contribution is -2.28. The molecule has 2 aromatic heterocycles. The fourth-order valence-corrected chi connectivity index (χ4v) is 4.00. The van der Waals surface area contributed by atoms with Gasteiger partial charge < -0.3 is 15.0 Å². The smallest absolute Gasteiger partial charge is 0.156 e. The molecule has 4 aromatic rings. The molecule has 2 aromatic carbocycles. The third-order valence-electron chi connectivity index (χ3n) is 4.81. The molecule has 160 valence electrons. The third-order valence-corrected chi connectivity index (χ3v) is 5.27. The molecule has 0 amide bonds. The van der Waals surface area contributed by atoms with Gasteiger partial charge >= 0.3 is 0 Å². The Hall–Kier alpha value is -2.84. The van der Waals surface area contributed by atoms with Gasteiger partial charge in [0, 0.05) is 22.1 Å². The van der Waals surface area contributed by atoms with Crippen LogP contribution in [0, 0.1) is 12.7 Å². The van der Waals surface area contributed by atoms with Crippen LogP contribution in [0.1, 0.15) is 12.6 Å². The van der Waals surface area contributed by atoms with Gasteiger partial charge in [-0.2, -0.15) is 0 Å². The Kier molecular flexibility index (Phi) is 6.02. The van der Waals surface area contributed by atoms with Gasteiger partial charge in [-0.25, -0.2) is 14.4 Å². The lowest BCUT2D eigenvalue weighted by molar-refractivity contribution is 0.179. The lowest BCUT2D eigenvalue weighted by Gasteiger charge is -2.21. The number of pyridine rings is 1. The van der Waals surface area contributed by atoms with Crippen molar-refractivity contribution in [2.45, 2.75) is 20.0 Å². The number of nitrogens with one attached hydrogen (secondary N) is 1. The lowest BCUT2D eigenvalue weighted by atomic mass is 10.1. The Bertz CT molecular complexity index is 1260. The molecule has 0 saturated heterocycles. The summed E-state index contributed by atoms with van der Waals surface area (Å²) < 4.78 is 22.3. The maximum absolute atomic E-state index is 15.2. The molecular weight excluding hydrogens is 461 g/mol. The molecule has 31 heavy (non-hydrogen) atoms. The van der Waals surface area contributed by atoms with Gasteiger partial charge in [-0.1, -0.05) is 15.9 Å². The average Bonchev–Trinajstić information content (AvgIpc) is 2.69.